The molecule has 14 heteroatoms. The van der Waals surface area contributed by atoms with Crippen LogP contribution in [-0.4, -0.2) is 36.8 Å². The van der Waals surface area contributed by atoms with Crippen molar-refractivity contribution in [3.8, 4) is 28.2 Å². The van der Waals surface area contributed by atoms with Crippen molar-refractivity contribution in [1.29, 1.82) is 0 Å². The third kappa shape index (κ3) is 6.71. The van der Waals surface area contributed by atoms with Gasteiger partial charge < -0.3 is 11.3 Å². The lowest BCUT2D eigenvalue weighted by Gasteiger charge is -2.09. The Morgan fingerprint density at radius 1 is 1.17 bits per heavy atom. The fourth-order valence-electron chi connectivity index (χ4n) is 4.25. The van der Waals surface area contributed by atoms with E-state index in [1.54, 1.807) is 5.92 Å². The van der Waals surface area contributed by atoms with Gasteiger partial charge >= 0.3 is 5.97 Å². The van der Waals surface area contributed by atoms with Gasteiger partial charge in [0.05, 0.1) is 17.0 Å². The number of hydrogen-bond acceptors (Lipinski definition) is 6. The monoisotopic (exact) mass is 607 g/mol. The Morgan fingerprint density at radius 3 is 2.54 bits per heavy atom. The molecule has 1 aliphatic carbocycles. The van der Waals surface area contributed by atoms with Crippen LogP contribution in [0.15, 0.2) is 46.7 Å². The molecule has 0 bridgehead atoms. The quantitative estimate of drug-likeness (QED) is 0.0992. The third-order valence-corrected chi connectivity index (χ3v) is 7.91. The molecule has 1 unspecified atom stereocenters. The number of carboxylic acid groups (broad SMARTS) is 1. The SMILES string of the molecule is N.O=C(O)c1csc(-n2nc(-c3ccc(F)c(C#CC(F)F)c3)c(Cc3ccc([SH+](=O)O)c(F)c3)c2CC2CC2)n1. The van der Waals surface area contributed by atoms with Crippen molar-refractivity contribution in [3.63, 3.8) is 0 Å². The van der Waals surface area contributed by atoms with Crippen LogP contribution in [0.5, 0.6) is 0 Å². The van der Waals surface area contributed by atoms with Gasteiger partial charge in [-0.15, -0.1) is 11.3 Å². The predicted octanol–water partition coefficient (Wildman–Crippen LogP) is 5.82. The van der Waals surface area contributed by atoms with Gasteiger partial charge in [0.2, 0.25) is 21.1 Å². The van der Waals surface area contributed by atoms with Gasteiger partial charge in [-0.05, 0) is 67.0 Å². The number of alkyl halides is 2. The van der Waals surface area contributed by atoms with E-state index in [0.717, 1.165) is 36.3 Å². The summed E-state index contributed by atoms with van der Waals surface area (Å²) in [6.07, 6.45) is -0.358. The number of nitrogens with zero attached hydrogens (tertiary/aromatic N) is 3. The highest BCUT2D eigenvalue weighted by atomic mass is 32.2. The van der Waals surface area contributed by atoms with Gasteiger partial charge in [-0.3, -0.25) is 0 Å². The van der Waals surface area contributed by atoms with Crippen molar-refractivity contribution < 1.29 is 36.2 Å². The molecule has 0 spiro atoms. The van der Waals surface area contributed by atoms with Crippen molar-refractivity contribution in [2.45, 2.75) is 37.0 Å². The summed E-state index contributed by atoms with van der Waals surface area (Å²) in [7, 11) is 0. The molecule has 1 atom stereocenters. The largest absolute Gasteiger partial charge is 0.476 e. The fourth-order valence-corrected chi connectivity index (χ4v) is 5.47. The number of halogens is 4. The molecule has 41 heavy (non-hydrogen) atoms. The molecule has 5 rings (SSSR count). The zero-order chi connectivity index (χ0) is 28.6. The zero-order valence-electron chi connectivity index (χ0n) is 21.2. The number of thiol groups is 1. The first-order valence-electron chi connectivity index (χ1n) is 11.9. The molecule has 0 amide bonds. The first-order valence-corrected chi connectivity index (χ1v) is 14.0. The molecule has 8 nitrogen and oxygen atoms in total. The molecular weight excluding hydrogens is 584 g/mol. The molecule has 0 saturated heterocycles. The van der Waals surface area contributed by atoms with Gasteiger partial charge in [-0.1, -0.05) is 16.2 Å². The lowest BCUT2D eigenvalue weighted by atomic mass is 9.96. The fraction of sp³-hybridized carbons (Fsp3) is 0.222. The molecule has 4 aromatic rings. The molecule has 1 aliphatic rings. The third-order valence-electron chi connectivity index (χ3n) is 6.32. The van der Waals surface area contributed by atoms with Gasteiger partial charge in [0, 0.05) is 22.9 Å². The van der Waals surface area contributed by atoms with E-state index in [1.807, 2.05) is 0 Å². The van der Waals surface area contributed by atoms with Crippen LogP contribution < -0.4 is 6.15 Å². The zero-order valence-corrected chi connectivity index (χ0v) is 22.9. The van der Waals surface area contributed by atoms with Crippen molar-refractivity contribution >= 4 is 28.4 Å². The van der Waals surface area contributed by atoms with Gasteiger partial charge in [-0.2, -0.15) is 18.4 Å². The second kappa shape index (κ2) is 12.3. The van der Waals surface area contributed by atoms with Crippen LogP contribution in [0.2, 0.25) is 0 Å². The first-order chi connectivity index (χ1) is 19.1. The minimum absolute atomic E-state index is 0. The molecule has 2 heterocycles. The van der Waals surface area contributed by atoms with E-state index in [9.17, 15) is 36.2 Å². The Bertz CT molecular complexity index is 1710. The number of benzene rings is 2. The molecule has 5 N–H and O–H groups in total. The molecule has 1 fully saturated rings. The Hall–Kier alpha value is -3.90. The van der Waals surface area contributed by atoms with Crippen LogP contribution >= 0.6 is 11.3 Å². The van der Waals surface area contributed by atoms with Crippen LogP contribution in [0.1, 0.15) is 45.7 Å². The van der Waals surface area contributed by atoms with E-state index < -0.39 is 35.1 Å². The van der Waals surface area contributed by atoms with E-state index in [2.05, 4.69) is 10.9 Å². The number of aromatic nitrogens is 3. The van der Waals surface area contributed by atoms with Crippen LogP contribution in [-0.2, 0) is 28.1 Å². The lowest BCUT2D eigenvalue weighted by molar-refractivity contribution is 0.0691. The van der Waals surface area contributed by atoms with Crippen molar-refractivity contribution in [1.82, 2.24) is 20.9 Å². The average molecular weight is 608 g/mol. The minimum Gasteiger partial charge on any atom is -0.476 e. The summed E-state index contributed by atoms with van der Waals surface area (Å²) in [6, 6.07) is 7.70. The van der Waals surface area contributed by atoms with E-state index in [1.165, 1.54) is 34.3 Å². The summed E-state index contributed by atoms with van der Waals surface area (Å²) >= 11 is -1.82. The van der Waals surface area contributed by atoms with Gasteiger partial charge in [-0.25, -0.2) is 23.2 Å². The van der Waals surface area contributed by atoms with E-state index in [-0.39, 0.29) is 33.9 Å². The summed E-state index contributed by atoms with van der Waals surface area (Å²) in [4.78, 5) is 15.3. The predicted molar refractivity (Wildman–Crippen MR) is 145 cm³/mol. The van der Waals surface area contributed by atoms with E-state index in [0.29, 0.717) is 40.4 Å². The number of thiazole rings is 1. The van der Waals surface area contributed by atoms with Crippen LogP contribution in [0.25, 0.3) is 16.4 Å². The number of carbonyl (C=O) groups is 1. The molecular formula is C27H23F4N4O4S2+. The van der Waals surface area contributed by atoms with Gasteiger partial charge in [0.25, 0.3) is 6.43 Å². The summed E-state index contributed by atoms with van der Waals surface area (Å²) in [5.41, 5.74) is 2.02. The average Bonchev–Trinajstić information content (AvgIpc) is 3.46. The topological polar surface area (TPSA) is 140 Å². The number of hydrogen-bond donors (Lipinski definition) is 3. The highest BCUT2D eigenvalue weighted by Crippen LogP contribution is 2.38. The van der Waals surface area contributed by atoms with E-state index >= 15 is 0 Å². The second-order valence-corrected chi connectivity index (χ2v) is 11.0. The standard InChI is InChI=1S/C27H19F4N3O4S2.H3N/c28-19-6-4-17(12-16(19)5-8-24(30)31)25-18(9-15-3-7-23(40(37)38)20(29)10-15)22(11-14-1-2-14)34(33-25)27-32-21(13-39-27)26(35)36;/h3-4,6-7,10,12-14,24H,1-2,9,11H2,(H,35,36)(H,37,38);1H3/p+1. The normalized spacial score (nSPS) is 13.4. The molecule has 2 aromatic carbocycles. The minimum atomic E-state index is -2.96. The highest BCUT2D eigenvalue weighted by Gasteiger charge is 2.30. The summed E-state index contributed by atoms with van der Waals surface area (Å²) in [5.74, 6) is 1.27. The smallest absolute Gasteiger partial charge is 0.355 e. The van der Waals surface area contributed by atoms with Crippen molar-refractivity contribution in [3.05, 3.63) is 81.5 Å². The Kier molecular flexibility index (Phi) is 9.03. The maximum absolute atomic E-state index is 14.6. The molecule has 0 radical (unpaired) electrons. The van der Waals surface area contributed by atoms with Crippen LogP contribution in [0, 0.1) is 29.4 Å². The number of carboxylic acids is 1. The maximum atomic E-state index is 14.6. The second-order valence-electron chi connectivity index (χ2n) is 9.15. The lowest BCUT2D eigenvalue weighted by Crippen LogP contribution is -2.06. The van der Waals surface area contributed by atoms with Crippen LogP contribution in [0.3, 0.4) is 0 Å². The van der Waals surface area contributed by atoms with Gasteiger partial charge in [0.1, 0.15) is 5.82 Å². The van der Waals surface area contributed by atoms with E-state index in [4.69, 9.17) is 5.10 Å². The Balaban J connectivity index is 0.00000387. The summed E-state index contributed by atoms with van der Waals surface area (Å²) in [6.45, 7) is 0. The van der Waals surface area contributed by atoms with Crippen LogP contribution in [0.4, 0.5) is 17.6 Å². The summed E-state index contributed by atoms with van der Waals surface area (Å²) < 4.78 is 76.7. The Morgan fingerprint density at radius 2 is 1.93 bits per heavy atom. The molecule has 1 saturated carbocycles. The van der Waals surface area contributed by atoms with Crippen molar-refractivity contribution in [2.75, 3.05) is 0 Å². The molecule has 2 aromatic heterocycles. The highest BCUT2D eigenvalue weighted by molar-refractivity contribution is 7.79. The molecule has 0 aliphatic heterocycles. The Labute approximate surface area is 237 Å². The van der Waals surface area contributed by atoms with Crippen molar-refractivity contribution in [2.24, 2.45) is 5.92 Å². The molecule has 214 valence electrons. The summed E-state index contributed by atoms with van der Waals surface area (Å²) in [5, 5.41) is 15.7. The maximum Gasteiger partial charge on any atom is 0.355 e. The first kappa shape index (κ1) is 30.1. The van der Waals surface area contributed by atoms with Gasteiger partial charge in [0.15, 0.2) is 11.5 Å². The number of aromatic carboxylic acids is 1. The number of rotatable bonds is 8.